The van der Waals surface area contributed by atoms with Gasteiger partial charge in [-0.1, -0.05) is 12.1 Å². The Bertz CT molecular complexity index is 595. The van der Waals surface area contributed by atoms with Gasteiger partial charge in [0.25, 0.3) is 10.0 Å². The highest BCUT2D eigenvalue weighted by atomic mass is 32.2. The lowest BCUT2D eigenvalue weighted by molar-refractivity contribution is -0.137. The minimum atomic E-state index is -3.59. The van der Waals surface area contributed by atoms with Gasteiger partial charge in [-0.15, -0.1) is 0 Å². The van der Waals surface area contributed by atoms with Gasteiger partial charge in [0, 0.05) is 13.0 Å². The van der Waals surface area contributed by atoms with Crippen molar-refractivity contribution >= 4 is 28.0 Å². The molecule has 0 aromatic heterocycles. The standard InChI is InChI=1S/C11H12N2O4S/c14-11(15)6-3-7-13-8-12-9-4-1-2-5-10(9)18(13,16)17/h1-2,4-5,8H,3,6-7H2,(H,14,15). The number of carboxylic acids is 1. The lowest BCUT2D eigenvalue weighted by Crippen LogP contribution is -2.33. The third kappa shape index (κ3) is 2.35. The third-order valence-corrected chi connectivity index (χ3v) is 4.34. The molecule has 6 nitrogen and oxygen atoms in total. The van der Waals surface area contributed by atoms with Crippen LogP contribution >= 0.6 is 0 Å². The Morgan fingerprint density at radius 3 is 2.78 bits per heavy atom. The average Bonchev–Trinajstić information content (AvgIpc) is 2.32. The molecular weight excluding hydrogens is 256 g/mol. The van der Waals surface area contributed by atoms with Crippen LogP contribution in [-0.4, -0.2) is 36.7 Å². The number of aliphatic carboxylic acids is 1. The SMILES string of the molecule is O=C(O)CCCN1C=Nc2ccccc2S1(=O)=O. The molecule has 0 aliphatic carbocycles. The molecule has 0 spiro atoms. The molecule has 1 aromatic carbocycles. The van der Waals surface area contributed by atoms with E-state index in [4.69, 9.17) is 5.11 Å². The van der Waals surface area contributed by atoms with Gasteiger partial charge in [0.05, 0.1) is 5.69 Å². The zero-order chi connectivity index (χ0) is 13.2. The van der Waals surface area contributed by atoms with Crippen LogP contribution in [0.15, 0.2) is 34.2 Å². The van der Waals surface area contributed by atoms with Crippen molar-refractivity contribution in [2.45, 2.75) is 17.7 Å². The number of aliphatic imine (C=N–C) groups is 1. The molecule has 1 aromatic rings. The van der Waals surface area contributed by atoms with Crippen molar-refractivity contribution in [2.75, 3.05) is 6.54 Å². The molecule has 1 aliphatic rings. The number of para-hydroxylation sites is 1. The first-order valence-corrected chi connectivity index (χ1v) is 6.82. The van der Waals surface area contributed by atoms with Gasteiger partial charge in [-0.2, -0.15) is 0 Å². The third-order valence-electron chi connectivity index (χ3n) is 2.55. The number of hydrogen-bond donors (Lipinski definition) is 1. The monoisotopic (exact) mass is 268 g/mol. The van der Waals surface area contributed by atoms with Gasteiger partial charge < -0.3 is 5.11 Å². The first-order chi connectivity index (χ1) is 8.51. The molecule has 0 radical (unpaired) electrons. The van der Waals surface area contributed by atoms with Crippen LogP contribution in [0.1, 0.15) is 12.8 Å². The Morgan fingerprint density at radius 1 is 1.33 bits per heavy atom. The van der Waals surface area contributed by atoms with E-state index in [0.29, 0.717) is 5.69 Å². The second kappa shape index (κ2) is 4.77. The molecule has 7 heteroatoms. The van der Waals surface area contributed by atoms with Crippen molar-refractivity contribution in [3.8, 4) is 0 Å². The van der Waals surface area contributed by atoms with Crippen molar-refractivity contribution in [3.63, 3.8) is 0 Å². The highest BCUT2D eigenvalue weighted by Gasteiger charge is 2.27. The number of sulfonamides is 1. The summed E-state index contributed by atoms with van der Waals surface area (Å²) in [6, 6.07) is 6.46. The van der Waals surface area contributed by atoms with Crippen LogP contribution in [0.5, 0.6) is 0 Å². The number of nitrogens with zero attached hydrogens (tertiary/aromatic N) is 2. The molecule has 2 rings (SSSR count). The highest BCUT2D eigenvalue weighted by Crippen LogP contribution is 2.29. The fourth-order valence-electron chi connectivity index (χ4n) is 1.66. The topological polar surface area (TPSA) is 87.0 Å². The van der Waals surface area contributed by atoms with E-state index >= 15 is 0 Å². The van der Waals surface area contributed by atoms with Crippen molar-refractivity contribution < 1.29 is 18.3 Å². The van der Waals surface area contributed by atoms with Crippen molar-refractivity contribution in [2.24, 2.45) is 4.99 Å². The van der Waals surface area contributed by atoms with Crippen LogP contribution in [0.4, 0.5) is 5.69 Å². The first kappa shape index (κ1) is 12.6. The van der Waals surface area contributed by atoms with Crippen molar-refractivity contribution in [1.29, 1.82) is 0 Å². The van der Waals surface area contributed by atoms with Crippen LogP contribution in [0, 0.1) is 0 Å². The summed E-state index contributed by atoms with van der Waals surface area (Å²) in [7, 11) is -3.59. The normalized spacial score (nSPS) is 16.3. The maximum Gasteiger partial charge on any atom is 0.303 e. The minimum Gasteiger partial charge on any atom is -0.481 e. The lowest BCUT2D eigenvalue weighted by Gasteiger charge is -2.23. The van der Waals surface area contributed by atoms with E-state index in [0.717, 1.165) is 4.31 Å². The van der Waals surface area contributed by atoms with Crippen molar-refractivity contribution in [3.05, 3.63) is 24.3 Å². The van der Waals surface area contributed by atoms with Crippen LogP contribution in [-0.2, 0) is 14.8 Å². The summed E-state index contributed by atoms with van der Waals surface area (Å²) in [6.07, 6.45) is 1.42. The zero-order valence-electron chi connectivity index (χ0n) is 9.48. The van der Waals surface area contributed by atoms with Crippen LogP contribution in [0.3, 0.4) is 0 Å². The van der Waals surface area contributed by atoms with Crippen LogP contribution in [0.25, 0.3) is 0 Å². The molecule has 0 amide bonds. The highest BCUT2D eigenvalue weighted by molar-refractivity contribution is 7.89. The second-order valence-electron chi connectivity index (χ2n) is 3.83. The molecular formula is C11H12N2O4S. The van der Waals surface area contributed by atoms with Gasteiger partial charge in [0.1, 0.15) is 11.2 Å². The molecule has 1 heterocycles. The summed E-state index contributed by atoms with van der Waals surface area (Å²) >= 11 is 0. The number of fused-ring (bicyclic) bond motifs is 1. The van der Waals surface area contributed by atoms with E-state index in [1.807, 2.05) is 0 Å². The Balaban J connectivity index is 2.20. The van der Waals surface area contributed by atoms with Crippen molar-refractivity contribution in [1.82, 2.24) is 4.31 Å². The summed E-state index contributed by atoms with van der Waals surface area (Å²) in [6.45, 7) is 0.118. The first-order valence-electron chi connectivity index (χ1n) is 5.38. The number of carboxylic acid groups (broad SMARTS) is 1. The van der Waals surface area contributed by atoms with Gasteiger partial charge in [0.2, 0.25) is 0 Å². The predicted molar refractivity (Wildman–Crippen MR) is 65.4 cm³/mol. The minimum absolute atomic E-state index is 0.0679. The van der Waals surface area contributed by atoms with Gasteiger partial charge in [0.15, 0.2) is 0 Å². The molecule has 0 fully saturated rings. The predicted octanol–water partition coefficient (Wildman–Crippen LogP) is 1.22. The van der Waals surface area contributed by atoms with E-state index in [-0.39, 0.29) is 24.3 Å². The van der Waals surface area contributed by atoms with E-state index in [9.17, 15) is 13.2 Å². The van der Waals surface area contributed by atoms with E-state index in [2.05, 4.69) is 4.99 Å². The fraction of sp³-hybridized carbons (Fsp3) is 0.273. The maximum absolute atomic E-state index is 12.2. The van der Waals surface area contributed by atoms with E-state index in [1.54, 1.807) is 18.2 Å². The summed E-state index contributed by atoms with van der Waals surface area (Å²) in [5.74, 6) is -0.943. The average molecular weight is 268 g/mol. The summed E-state index contributed by atoms with van der Waals surface area (Å²) in [4.78, 5) is 14.6. The number of benzene rings is 1. The molecule has 1 aliphatic heterocycles. The molecule has 18 heavy (non-hydrogen) atoms. The van der Waals surface area contributed by atoms with E-state index in [1.165, 1.54) is 12.4 Å². The molecule has 0 unspecified atom stereocenters. The van der Waals surface area contributed by atoms with Crippen LogP contribution < -0.4 is 0 Å². The number of rotatable bonds is 4. The van der Waals surface area contributed by atoms with Gasteiger partial charge >= 0.3 is 5.97 Å². The zero-order valence-corrected chi connectivity index (χ0v) is 10.3. The maximum atomic E-state index is 12.2. The Hall–Kier alpha value is -1.89. The van der Waals surface area contributed by atoms with Gasteiger partial charge in [-0.3, -0.25) is 9.10 Å². The Morgan fingerprint density at radius 2 is 2.06 bits per heavy atom. The molecule has 0 atom stereocenters. The number of carbonyl (C=O) groups is 1. The summed E-state index contributed by atoms with van der Waals surface area (Å²) in [5.41, 5.74) is 0.409. The summed E-state index contributed by atoms with van der Waals surface area (Å²) < 4.78 is 25.4. The molecule has 1 N–H and O–H groups in total. The quantitative estimate of drug-likeness (QED) is 0.889. The second-order valence-corrected chi connectivity index (χ2v) is 5.68. The smallest absolute Gasteiger partial charge is 0.303 e. The largest absolute Gasteiger partial charge is 0.481 e. The van der Waals surface area contributed by atoms with Gasteiger partial charge in [-0.25, -0.2) is 13.4 Å². The molecule has 0 saturated carbocycles. The Kier molecular flexibility index (Phi) is 3.33. The van der Waals surface area contributed by atoms with E-state index < -0.39 is 16.0 Å². The van der Waals surface area contributed by atoms with Crippen LogP contribution in [0.2, 0.25) is 0 Å². The molecule has 0 bridgehead atoms. The molecule has 0 saturated heterocycles. The fourth-order valence-corrected chi connectivity index (χ4v) is 3.09. The Labute approximate surface area is 105 Å². The lowest BCUT2D eigenvalue weighted by atomic mass is 10.3. The molecule has 96 valence electrons. The number of hydrogen-bond acceptors (Lipinski definition) is 4. The summed E-state index contributed by atoms with van der Waals surface area (Å²) in [5, 5.41) is 8.53. The van der Waals surface area contributed by atoms with Gasteiger partial charge in [-0.05, 0) is 18.6 Å².